The van der Waals surface area contributed by atoms with Crippen LogP contribution in [0.4, 0.5) is 0 Å². The lowest BCUT2D eigenvalue weighted by molar-refractivity contribution is -0.661. The normalized spacial score (nSPS) is 13.7. The molecule has 5 nitrogen and oxygen atoms in total. The smallest absolute Gasteiger partial charge is 0.253 e. The molecule has 41 heavy (non-hydrogen) atoms. The van der Waals surface area contributed by atoms with E-state index in [1.807, 2.05) is 31.6 Å². The van der Waals surface area contributed by atoms with Crippen molar-refractivity contribution in [1.29, 1.82) is 0 Å². The van der Waals surface area contributed by atoms with Gasteiger partial charge in [-0.1, -0.05) is 77.9 Å². The number of fused-ring (bicyclic) bond motifs is 3. The molecule has 0 N–H and O–H groups in total. The summed E-state index contributed by atoms with van der Waals surface area (Å²) in [5, 5.41) is 0. The fraction of sp³-hybridized carbons (Fsp3) is 0.306. The van der Waals surface area contributed by atoms with E-state index < -0.39 is 0 Å². The average molecular weight is 541 g/mol. The number of benzene rings is 2. The Hall–Kier alpha value is -4.25. The van der Waals surface area contributed by atoms with Crippen molar-refractivity contribution >= 4 is 0 Å². The number of hydrogen-bond donors (Lipinski definition) is 0. The third kappa shape index (κ3) is 4.54. The summed E-state index contributed by atoms with van der Waals surface area (Å²) in [5.74, 6) is 1.91. The maximum Gasteiger partial charge on any atom is 0.253 e. The summed E-state index contributed by atoms with van der Waals surface area (Å²) in [7, 11) is 2.03. The molecule has 3 heterocycles. The van der Waals surface area contributed by atoms with E-state index in [1.165, 1.54) is 27.8 Å². The fourth-order valence-corrected chi connectivity index (χ4v) is 6.07. The van der Waals surface area contributed by atoms with Gasteiger partial charge in [-0.3, -0.25) is 4.98 Å². The zero-order valence-electron chi connectivity index (χ0n) is 25.4. The van der Waals surface area contributed by atoms with Crippen molar-refractivity contribution in [3.63, 3.8) is 0 Å². The van der Waals surface area contributed by atoms with Gasteiger partial charge in [-0.2, -0.15) is 4.57 Å². The largest absolute Gasteiger partial charge is 0.253 e. The van der Waals surface area contributed by atoms with Crippen molar-refractivity contribution in [1.82, 2.24) is 19.9 Å². The first kappa shape index (κ1) is 26.9. The highest BCUT2D eigenvalue weighted by Gasteiger charge is 2.36. The summed E-state index contributed by atoms with van der Waals surface area (Å²) in [5.41, 5.74) is 11.6. The van der Waals surface area contributed by atoms with Crippen LogP contribution in [0, 0.1) is 6.92 Å². The maximum atomic E-state index is 5.07. The number of pyridine rings is 2. The third-order valence-electron chi connectivity index (χ3n) is 8.51. The van der Waals surface area contributed by atoms with E-state index in [1.54, 1.807) is 0 Å². The van der Waals surface area contributed by atoms with Crippen LogP contribution in [0.5, 0.6) is 0 Å². The number of aromatic nitrogens is 5. The molecule has 3 aromatic heterocycles. The number of hydrogen-bond acceptors (Lipinski definition) is 4. The average Bonchev–Trinajstić information content (AvgIpc) is 3.18. The SMILES string of the molecule is CCc1cccnc1-c1nc(-c2ccc3c(c2)C(C)(C)c2cc(C(C)(C)C)ccc2-3)nc(-c2c(C)ccc[n+]2C)n1. The van der Waals surface area contributed by atoms with Crippen molar-refractivity contribution < 1.29 is 4.57 Å². The van der Waals surface area contributed by atoms with Crippen LogP contribution < -0.4 is 4.57 Å². The molecule has 0 atom stereocenters. The molecule has 0 aliphatic heterocycles. The van der Waals surface area contributed by atoms with Crippen molar-refractivity contribution in [2.45, 2.75) is 65.7 Å². The van der Waals surface area contributed by atoms with Gasteiger partial charge in [-0.25, -0.2) is 15.0 Å². The van der Waals surface area contributed by atoms with Gasteiger partial charge < -0.3 is 0 Å². The minimum atomic E-state index is -0.139. The molecule has 0 unspecified atom stereocenters. The van der Waals surface area contributed by atoms with Gasteiger partial charge in [0.25, 0.3) is 5.69 Å². The fourth-order valence-electron chi connectivity index (χ4n) is 6.07. The van der Waals surface area contributed by atoms with E-state index in [0.717, 1.165) is 34.5 Å². The van der Waals surface area contributed by atoms with Gasteiger partial charge in [0, 0.05) is 28.8 Å². The lowest BCUT2D eigenvalue weighted by atomic mass is 9.79. The van der Waals surface area contributed by atoms with Crippen molar-refractivity contribution in [3.05, 3.63) is 101 Å². The van der Waals surface area contributed by atoms with Crippen LogP contribution in [-0.4, -0.2) is 19.9 Å². The van der Waals surface area contributed by atoms with Crippen molar-refractivity contribution in [2.75, 3.05) is 0 Å². The van der Waals surface area contributed by atoms with Crippen LogP contribution in [0.2, 0.25) is 0 Å². The quantitative estimate of drug-likeness (QED) is 0.221. The second kappa shape index (κ2) is 9.69. The Morgan fingerprint density at radius 3 is 2.20 bits per heavy atom. The van der Waals surface area contributed by atoms with Crippen LogP contribution in [-0.2, 0) is 24.3 Å². The highest BCUT2D eigenvalue weighted by Crippen LogP contribution is 2.50. The van der Waals surface area contributed by atoms with Crippen molar-refractivity contribution in [2.24, 2.45) is 7.05 Å². The van der Waals surface area contributed by atoms with Gasteiger partial charge in [0.1, 0.15) is 12.7 Å². The molecule has 5 heteroatoms. The summed E-state index contributed by atoms with van der Waals surface area (Å²) in [6, 6.07) is 21.9. The Morgan fingerprint density at radius 1 is 0.805 bits per heavy atom. The standard InChI is InChI=1S/C36H38N5/c1-9-23-13-10-18-37-30(23)33-38-32(39-34(40-33)31-22(2)12-11-19-41(31)8)24-14-16-26-27-17-15-25(35(3,4)5)21-29(27)36(6,7)28(26)20-24/h10-21H,9H2,1-8H3/q+1. The zero-order chi connectivity index (χ0) is 29.1. The molecule has 206 valence electrons. The van der Waals surface area contributed by atoms with E-state index in [9.17, 15) is 0 Å². The van der Waals surface area contributed by atoms with Gasteiger partial charge in [0.15, 0.2) is 17.8 Å². The molecule has 2 aromatic carbocycles. The molecule has 0 saturated heterocycles. The van der Waals surface area contributed by atoms with Gasteiger partial charge >= 0.3 is 0 Å². The zero-order valence-corrected chi connectivity index (χ0v) is 25.4. The highest BCUT2D eigenvalue weighted by molar-refractivity contribution is 5.83. The number of nitrogens with zero attached hydrogens (tertiary/aromatic N) is 5. The minimum Gasteiger partial charge on any atom is -0.253 e. The van der Waals surface area contributed by atoms with Crippen LogP contribution in [0.1, 0.15) is 69.4 Å². The van der Waals surface area contributed by atoms with Gasteiger partial charge in [-0.05, 0) is 70.3 Å². The highest BCUT2D eigenvalue weighted by atomic mass is 15.1. The first-order valence-electron chi connectivity index (χ1n) is 14.4. The minimum absolute atomic E-state index is 0.0945. The Balaban J connectivity index is 1.55. The van der Waals surface area contributed by atoms with Gasteiger partial charge in [0.2, 0.25) is 5.82 Å². The summed E-state index contributed by atoms with van der Waals surface area (Å²) >= 11 is 0. The molecule has 1 aliphatic rings. The second-order valence-corrected chi connectivity index (χ2v) is 12.7. The molecule has 5 aromatic rings. The third-order valence-corrected chi connectivity index (χ3v) is 8.51. The summed E-state index contributed by atoms with van der Waals surface area (Å²) in [4.78, 5) is 19.8. The molecule has 0 radical (unpaired) electrons. The maximum absolute atomic E-state index is 5.07. The molecule has 6 rings (SSSR count). The van der Waals surface area contributed by atoms with Crippen LogP contribution >= 0.6 is 0 Å². The second-order valence-electron chi connectivity index (χ2n) is 12.7. The lowest BCUT2D eigenvalue weighted by Gasteiger charge is -2.25. The molecule has 0 fully saturated rings. The lowest BCUT2D eigenvalue weighted by Crippen LogP contribution is -2.32. The topological polar surface area (TPSA) is 55.4 Å². The Morgan fingerprint density at radius 2 is 1.49 bits per heavy atom. The van der Waals surface area contributed by atoms with Crippen molar-refractivity contribution in [3.8, 4) is 45.6 Å². The monoisotopic (exact) mass is 540 g/mol. The molecule has 0 spiro atoms. The first-order valence-corrected chi connectivity index (χ1v) is 14.4. The number of rotatable bonds is 4. The van der Waals surface area contributed by atoms with Gasteiger partial charge in [-0.15, -0.1) is 0 Å². The van der Waals surface area contributed by atoms with Crippen LogP contribution in [0.15, 0.2) is 73.1 Å². The Kier molecular flexibility index (Phi) is 6.37. The van der Waals surface area contributed by atoms with E-state index in [0.29, 0.717) is 17.5 Å². The van der Waals surface area contributed by atoms with E-state index >= 15 is 0 Å². The Bertz CT molecular complexity index is 1790. The molecular formula is C36H38N5+. The molecule has 0 amide bonds. The summed E-state index contributed by atoms with van der Waals surface area (Å²) in [6.45, 7) is 15.7. The van der Waals surface area contributed by atoms with E-state index in [4.69, 9.17) is 19.9 Å². The number of aryl methyl sites for hydroxylation is 3. The van der Waals surface area contributed by atoms with Crippen LogP contribution in [0.25, 0.3) is 45.6 Å². The molecular weight excluding hydrogens is 502 g/mol. The molecule has 1 aliphatic carbocycles. The summed E-state index contributed by atoms with van der Waals surface area (Å²) < 4.78 is 2.08. The predicted octanol–water partition coefficient (Wildman–Crippen LogP) is 7.57. The van der Waals surface area contributed by atoms with Gasteiger partial charge in [0.05, 0.1) is 0 Å². The van der Waals surface area contributed by atoms with E-state index in [2.05, 4.69) is 102 Å². The van der Waals surface area contributed by atoms with E-state index in [-0.39, 0.29) is 10.8 Å². The predicted molar refractivity (Wildman–Crippen MR) is 165 cm³/mol. The first-order chi connectivity index (χ1) is 19.5. The molecule has 0 saturated carbocycles. The summed E-state index contributed by atoms with van der Waals surface area (Å²) in [6.07, 6.45) is 4.69. The Labute approximate surface area is 243 Å². The van der Waals surface area contributed by atoms with Crippen LogP contribution in [0.3, 0.4) is 0 Å². The molecule has 0 bridgehead atoms.